The van der Waals surface area contributed by atoms with Crippen molar-refractivity contribution in [3.05, 3.63) is 0 Å². The van der Waals surface area contributed by atoms with Crippen LogP contribution in [-0.2, 0) is 9.53 Å². The first-order valence-corrected chi connectivity index (χ1v) is 3.98. The SMILES string of the molecule is COC(=O)C12CCC(N)(C1)C2. The minimum atomic E-state index is -0.177. The molecule has 0 saturated heterocycles. The predicted octanol–water partition coefficient (Wildman–Crippen LogP) is 0.431. The van der Waals surface area contributed by atoms with E-state index in [9.17, 15) is 4.79 Å². The average molecular weight is 155 g/mol. The molecule has 0 aromatic rings. The molecule has 0 heterocycles. The Balaban J connectivity index is 2.13. The summed E-state index contributed by atoms with van der Waals surface area (Å²) in [6.45, 7) is 0. The fraction of sp³-hybridized carbons (Fsp3) is 0.875. The molecule has 0 amide bonds. The van der Waals surface area contributed by atoms with Crippen LogP contribution in [0, 0.1) is 5.41 Å². The third-order valence-electron chi connectivity index (χ3n) is 3.10. The zero-order chi connectivity index (χ0) is 8.11. The van der Waals surface area contributed by atoms with Gasteiger partial charge in [0.1, 0.15) is 0 Å². The van der Waals surface area contributed by atoms with Crippen molar-refractivity contribution in [2.75, 3.05) is 7.11 Å². The van der Waals surface area contributed by atoms with Gasteiger partial charge in [-0.1, -0.05) is 0 Å². The number of fused-ring (bicyclic) bond motifs is 1. The highest BCUT2D eigenvalue weighted by Crippen LogP contribution is 2.60. The van der Waals surface area contributed by atoms with E-state index in [2.05, 4.69) is 0 Å². The van der Waals surface area contributed by atoms with E-state index in [0.717, 1.165) is 25.7 Å². The number of nitrogens with two attached hydrogens (primary N) is 1. The van der Waals surface area contributed by atoms with E-state index in [0.29, 0.717) is 0 Å². The maximum atomic E-state index is 11.2. The van der Waals surface area contributed by atoms with Crippen molar-refractivity contribution in [3.8, 4) is 0 Å². The van der Waals surface area contributed by atoms with Gasteiger partial charge in [0.05, 0.1) is 12.5 Å². The maximum Gasteiger partial charge on any atom is 0.311 e. The highest BCUT2D eigenvalue weighted by Gasteiger charge is 2.63. The van der Waals surface area contributed by atoms with Crippen molar-refractivity contribution in [1.82, 2.24) is 0 Å². The molecule has 3 heteroatoms. The van der Waals surface area contributed by atoms with Gasteiger partial charge in [0, 0.05) is 5.54 Å². The van der Waals surface area contributed by atoms with Crippen LogP contribution in [0.4, 0.5) is 0 Å². The standard InChI is InChI=1S/C8H13NO2/c1-11-6(10)7-2-3-8(9,4-7)5-7/h2-5,9H2,1H3. The van der Waals surface area contributed by atoms with Crippen LogP contribution in [0.3, 0.4) is 0 Å². The summed E-state index contributed by atoms with van der Waals surface area (Å²) in [5.41, 5.74) is 5.72. The number of hydrogen-bond donors (Lipinski definition) is 1. The summed E-state index contributed by atoms with van der Waals surface area (Å²) in [6, 6.07) is 0. The Morgan fingerprint density at radius 1 is 1.45 bits per heavy atom. The Bertz CT molecular complexity index is 206. The molecule has 0 aliphatic heterocycles. The molecule has 0 aromatic heterocycles. The number of rotatable bonds is 1. The van der Waals surface area contributed by atoms with Gasteiger partial charge in [0.2, 0.25) is 0 Å². The summed E-state index contributed by atoms with van der Waals surface area (Å²) in [5, 5.41) is 0. The molecule has 0 unspecified atom stereocenters. The molecule has 2 N–H and O–H groups in total. The van der Waals surface area contributed by atoms with Crippen molar-refractivity contribution in [2.45, 2.75) is 31.2 Å². The van der Waals surface area contributed by atoms with Crippen molar-refractivity contribution in [2.24, 2.45) is 11.1 Å². The normalized spacial score (nSPS) is 46.7. The summed E-state index contributed by atoms with van der Waals surface area (Å²) in [5.74, 6) is -0.0592. The Morgan fingerprint density at radius 2 is 2.09 bits per heavy atom. The van der Waals surface area contributed by atoms with Crippen LogP contribution in [0.25, 0.3) is 0 Å². The highest BCUT2D eigenvalue weighted by atomic mass is 16.5. The van der Waals surface area contributed by atoms with E-state index >= 15 is 0 Å². The van der Waals surface area contributed by atoms with E-state index in [-0.39, 0.29) is 16.9 Å². The molecular weight excluding hydrogens is 142 g/mol. The van der Waals surface area contributed by atoms with E-state index in [1.807, 2.05) is 0 Å². The van der Waals surface area contributed by atoms with Crippen LogP contribution in [-0.4, -0.2) is 18.6 Å². The van der Waals surface area contributed by atoms with Crippen molar-refractivity contribution in [1.29, 1.82) is 0 Å². The Hall–Kier alpha value is -0.570. The van der Waals surface area contributed by atoms with Crippen molar-refractivity contribution in [3.63, 3.8) is 0 Å². The topological polar surface area (TPSA) is 52.3 Å². The lowest BCUT2D eigenvalue weighted by Gasteiger charge is -2.42. The van der Waals surface area contributed by atoms with Gasteiger partial charge in [-0.05, 0) is 25.7 Å². The summed E-state index contributed by atoms with van der Waals surface area (Å²) < 4.78 is 4.73. The Labute approximate surface area is 65.9 Å². The molecule has 0 radical (unpaired) electrons. The van der Waals surface area contributed by atoms with Gasteiger partial charge in [-0.3, -0.25) is 4.79 Å². The molecular formula is C8H13NO2. The number of carbonyl (C=O) groups is 1. The quantitative estimate of drug-likeness (QED) is 0.559. The molecule has 0 aromatic carbocycles. The van der Waals surface area contributed by atoms with E-state index in [1.54, 1.807) is 0 Å². The van der Waals surface area contributed by atoms with Gasteiger partial charge in [0.25, 0.3) is 0 Å². The molecule has 3 saturated carbocycles. The maximum absolute atomic E-state index is 11.2. The van der Waals surface area contributed by atoms with Crippen LogP contribution < -0.4 is 5.73 Å². The lowest BCUT2D eigenvalue weighted by atomic mass is 9.65. The number of methoxy groups -OCH3 is 1. The zero-order valence-corrected chi connectivity index (χ0v) is 6.72. The first kappa shape index (κ1) is 7.10. The summed E-state index contributed by atoms with van der Waals surface area (Å²) >= 11 is 0. The number of ether oxygens (including phenoxy) is 1. The lowest BCUT2D eigenvalue weighted by Crippen LogP contribution is -2.53. The fourth-order valence-corrected chi connectivity index (χ4v) is 2.60. The number of hydrogen-bond acceptors (Lipinski definition) is 3. The minimum absolute atomic E-state index is 0.0197. The second-order valence-electron chi connectivity index (χ2n) is 3.99. The van der Waals surface area contributed by atoms with Gasteiger partial charge in [-0.15, -0.1) is 0 Å². The smallest absolute Gasteiger partial charge is 0.311 e. The second-order valence-corrected chi connectivity index (χ2v) is 3.99. The van der Waals surface area contributed by atoms with Crippen molar-refractivity contribution >= 4 is 5.97 Å². The van der Waals surface area contributed by atoms with Crippen LogP contribution in [0.5, 0.6) is 0 Å². The van der Waals surface area contributed by atoms with Gasteiger partial charge in [-0.25, -0.2) is 0 Å². The first-order valence-electron chi connectivity index (χ1n) is 3.98. The molecule has 0 spiro atoms. The molecule has 62 valence electrons. The predicted molar refractivity (Wildman–Crippen MR) is 39.8 cm³/mol. The van der Waals surface area contributed by atoms with Gasteiger partial charge in [-0.2, -0.15) is 0 Å². The molecule has 3 aliphatic rings. The minimum Gasteiger partial charge on any atom is -0.469 e. The van der Waals surface area contributed by atoms with Crippen LogP contribution in [0.1, 0.15) is 25.7 Å². The van der Waals surface area contributed by atoms with E-state index in [1.165, 1.54) is 7.11 Å². The highest BCUT2D eigenvalue weighted by molar-refractivity contribution is 5.79. The lowest BCUT2D eigenvalue weighted by molar-refractivity contribution is -0.157. The average Bonchev–Trinajstić information content (AvgIpc) is 2.40. The second kappa shape index (κ2) is 1.78. The number of esters is 1. The summed E-state index contributed by atoms with van der Waals surface area (Å²) in [6.07, 6.45) is 3.59. The largest absolute Gasteiger partial charge is 0.469 e. The first-order chi connectivity index (χ1) is 5.10. The van der Waals surface area contributed by atoms with E-state index in [4.69, 9.17) is 10.5 Å². The van der Waals surface area contributed by atoms with Crippen molar-refractivity contribution < 1.29 is 9.53 Å². The molecule has 3 rings (SSSR count). The molecule has 2 bridgehead atoms. The van der Waals surface area contributed by atoms with Gasteiger partial charge < -0.3 is 10.5 Å². The zero-order valence-electron chi connectivity index (χ0n) is 6.72. The molecule has 11 heavy (non-hydrogen) atoms. The monoisotopic (exact) mass is 155 g/mol. The van der Waals surface area contributed by atoms with Crippen LogP contribution in [0.15, 0.2) is 0 Å². The molecule has 0 atom stereocenters. The van der Waals surface area contributed by atoms with Crippen LogP contribution >= 0.6 is 0 Å². The third kappa shape index (κ3) is 0.745. The molecule has 3 fully saturated rings. The van der Waals surface area contributed by atoms with Crippen LogP contribution in [0.2, 0.25) is 0 Å². The fourth-order valence-electron chi connectivity index (χ4n) is 2.60. The van der Waals surface area contributed by atoms with Gasteiger partial charge in [0.15, 0.2) is 0 Å². The summed E-state index contributed by atoms with van der Waals surface area (Å²) in [4.78, 5) is 11.2. The summed E-state index contributed by atoms with van der Waals surface area (Å²) in [7, 11) is 1.45. The molecule has 3 nitrogen and oxygen atoms in total. The molecule has 3 aliphatic carbocycles. The third-order valence-corrected chi connectivity index (χ3v) is 3.10. The Kier molecular flexibility index (Phi) is 1.15. The number of carbonyl (C=O) groups excluding carboxylic acids is 1. The Morgan fingerprint density at radius 3 is 2.45 bits per heavy atom. The van der Waals surface area contributed by atoms with E-state index < -0.39 is 0 Å². The van der Waals surface area contributed by atoms with Gasteiger partial charge >= 0.3 is 5.97 Å².